The third-order valence-electron chi connectivity index (χ3n) is 4.30. The smallest absolute Gasteiger partial charge is 0.336 e. The summed E-state index contributed by atoms with van der Waals surface area (Å²) in [5.41, 5.74) is 1.11. The highest BCUT2D eigenvalue weighted by molar-refractivity contribution is 6.37. The van der Waals surface area contributed by atoms with Gasteiger partial charge in [0.2, 0.25) is 0 Å². The van der Waals surface area contributed by atoms with Gasteiger partial charge in [-0.25, -0.2) is 9.69 Å². The Balaban J connectivity index is 1.85. The predicted molar refractivity (Wildman–Crippen MR) is 109 cm³/mol. The Hall–Kier alpha value is -3.87. The summed E-state index contributed by atoms with van der Waals surface area (Å²) >= 11 is 0. The molecule has 4 amide bonds. The highest BCUT2D eigenvalue weighted by Gasteiger charge is 2.37. The Bertz CT molecular complexity index is 996. The minimum absolute atomic E-state index is 0.111. The number of nitrogens with zero attached hydrogens (tertiary/aromatic N) is 1. The summed E-state index contributed by atoms with van der Waals surface area (Å²) in [7, 11) is 2.91. The molecular formula is C22H20N2O5. The summed E-state index contributed by atoms with van der Waals surface area (Å²) in [6.07, 6.45) is 5.56. The molecule has 0 aromatic heterocycles. The number of allylic oxidation sites excluding steroid dienone is 2. The van der Waals surface area contributed by atoms with E-state index in [0.717, 1.165) is 10.5 Å². The van der Waals surface area contributed by atoms with E-state index in [0.29, 0.717) is 12.2 Å². The lowest BCUT2D eigenvalue weighted by Crippen LogP contribution is -2.54. The van der Waals surface area contributed by atoms with Crippen LogP contribution in [-0.4, -0.2) is 32.1 Å². The number of rotatable bonds is 6. The molecular weight excluding hydrogens is 372 g/mol. The van der Waals surface area contributed by atoms with Crippen molar-refractivity contribution in [2.75, 3.05) is 19.1 Å². The fraction of sp³-hybridized carbons (Fsp3) is 0.136. The molecule has 0 spiro atoms. The number of benzene rings is 2. The van der Waals surface area contributed by atoms with Gasteiger partial charge in [-0.05, 0) is 24.1 Å². The number of amides is 4. The molecule has 29 heavy (non-hydrogen) atoms. The number of carbonyl (C=O) groups excluding carboxylic acids is 3. The number of barbiturate groups is 1. The summed E-state index contributed by atoms with van der Waals surface area (Å²) in [4.78, 5) is 38.3. The zero-order chi connectivity index (χ0) is 20.8. The van der Waals surface area contributed by atoms with Gasteiger partial charge in [-0.3, -0.25) is 14.9 Å². The fourth-order valence-electron chi connectivity index (χ4n) is 2.85. The molecule has 0 unspecified atom stereocenters. The molecule has 1 fully saturated rings. The van der Waals surface area contributed by atoms with Crippen LogP contribution in [0.25, 0.3) is 6.08 Å². The first-order chi connectivity index (χ1) is 14.0. The van der Waals surface area contributed by atoms with Gasteiger partial charge in [0, 0.05) is 6.07 Å². The Morgan fingerprint density at radius 2 is 1.76 bits per heavy atom. The Morgan fingerprint density at radius 1 is 1.00 bits per heavy atom. The predicted octanol–water partition coefficient (Wildman–Crippen LogP) is 3.32. The Kier molecular flexibility index (Phi) is 6.09. The van der Waals surface area contributed by atoms with Gasteiger partial charge < -0.3 is 9.47 Å². The quantitative estimate of drug-likeness (QED) is 0.602. The first-order valence-corrected chi connectivity index (χ1v) is 8.88. The normalized spacial score (nSPS) is 15.7. The summed E-state index contributed by atoms with van der Waals surface area (Å²) in [6.45, 7) is 0. The van der Waals surface area contributed by atoms with E-state index in [4.69, 9.17) is 9.47 Å². The van der Waals surface area contributed by atoms with Crippen LogP contribution in [0.3, 0.4) is 0 Å². The van der Waals surface area contributed by atoms with Crippen LogP contribution >= 0.6 is 0 Å². The molecule has 0 aliphatic carbocycles. The largest absolute Gasteiger partial charge is 0.497 e. The lowest BCUT2D eigenvalue weighted by molar-refractivity contribution is -0.122. The molecule has 0 radical (unpaired) electrons. The van der Waals surface area contributed by atoms with Crippen LogP contribution in [0.5, 0.6) is 11.5 Å². The monoisotopic (exact) mass is 392 g/mol. The molecule has 0 bridgehead atoms. The molecule has 1 saturated heterocycles. The van der Waals surface area contributed by atoms with E-state index in [2.05, 4.69) is 5.32 Å². The second-order valence-electron chi connectivity index (χ2n) is 6.10. The van der Waals surface area contributed by atoms with Gasteiger partial charge in [-0.15, -0.1) is 0 Å². The highest BCUT2D eigenvalue weighted by Crippen LogP contribution is 2.34. The maximum absolute atomic E-state index is 12.9. The van der Waals surface area contributed by atoms with Gasteiger partial charge in [0.25, 0.3) is 11.8 Å². The molecule has 148 valence electrons. The topological polar surface area (TPSA) is 84.9 Å². The molecule has 1 heterocycles. The number of hydrogen-bond acceptors (Lipinski definition) is 5. The van der Waals surface area contributed by atoms with E-state index >= 15 is 0 Å². The van der Waals surface area contributed by atoms with Crippen LogP contribution in [-0.2, 0) is 9.59 Å². The Morgan fingerprint density at radius 3 is 2.45 bits per heavy atom. The number of imide groups is 2. The lowest BCUT2D eigenvalue weighted by atomic mass is 10.1. The average molecular weight is 392 g/mol. The highest BCUT2D eigenvalue weighted by atomic mass is 16.5. The Labute approximate surface area is 168 Å². The molecule has 7 nitrogen and oxygen atoms in total. The van der Waals surface area contributed by atoms with Crippen molar-refractivity contribution in [3.05, 3.63) is 71.8 Å². The van der Waals surface area contributed by atoms with Crippen molar-refractivity contribution < 1.29 is 23.9 Å². The number of urea groups is 1. The average Bonchev–Trinajstić information content (AvgIpc) is 2.73. The molecule has 1 aliphatic rings. The number of nitrogens with one attached hydrogen (secondary N) is 1. The van der Waals surface area contributed by atoms with Crippen LogP contribution < -0.4 is 19.7 Å². The van der Waals surface area contributed by atoms with Gasteiger partial charge >= 0.3 is 6.03 Å². The van der Waals surface area contributed by atoms with Crippen molar-refractivity contribution in [3.8, 4) is 11.5 Å². The third-order valence-corrected chi connectivity index (χ3v) is 4.30. The van der Waals surface area contributed by atoms with Crippen molar-refractivity contribution in [1.29, 1.82) is 0 Å². The molecule has 2 aromatic carbocycles. The summed E-state index contributed by atoms with van der Waals surface area (Å²) in [5.74, 6) is -0.661. The second kappa shape index (κ2) is 8.88. The van der Waals surface area contributed by atoms with Crippen LogP contribution in [0.1, 0.15) is 12.0 Å². The zero-order valence-electron chi connectivity index (χ0n) is 16.0. The van der Waals surface area contributed by atoms with Crippen LogP contribution in [0.2, 0.25) is 0 Å². The number of methoxy groups -OCH3 is 2. The summed E-state index contributed by atoms with van der Waals surface area (Å²) < 4.78 is 10.4. The van der Waals surface area contributed by atoms with Crippen LogP contribution in [0.15, 0.2) is 66.3 Å². The second-order valence-corrected chi connectivity index (χ2v) is 6.10. The first kappa shape index (κ1) is 19.9. The van der Waals surface area contributed by atoms with E-state index < -0.39 is 17.8 Å². The molecule has 2 aromatic rings. The first-order valence-electron chi connectivity index (χ1n) is 8.88. The van der Waals surface area contributed by atoms with Crippen molar-refractivity contribution >= 4 is 29.6 Å². The number of ether oxygens (including phenoxy) is 2. The summed E-state index contributed by atoms with van der Waals surface area (Å²) in [5, 5.41) is 2.19. The van der Waals surface area contributed by atoms with Crippen molar-refractivity contribution in [2.45, 2.75) is 6.42 Å². The number of carbonyl (C=O) groups is 3. The molecule has 7 heteroatoms. The number of anilines is 1. The third kappa shape index (κ3) is 4.35. The molecule has 0 atom stereocenters. The van der Waals surface area contributed by atoms with E-state index in [-0.39, 0.29) is 17.0 Å². The molecule has 1 N–H and O–H groups in total. The fourth-order valence-corrected chi connectivity index (χ4v) is 2.85. The zero-order valence-corrected chi connectivity index (χ0v) is 16.0. The van der Waals surface area contributed by atoms with Gasteiger partial charge in [0.1, 0.15) is 17.1 Å². The lowest BCUT2D eigenvalue weighted by Gasteiger charge is -2.27. The van der Waals surface area contributed by atoms with Crippen LogP contribution in [0.4, 0.5) is 10.5 Å². The number of hydrogen-bond donors (Lipinski definition) is 1. The summed E-state index contributed by atoms with van der Waals surface area (Å²) in [6, 6.07) is 13.5. The van der Waals surface area contributed by atoms with Crippen LogP contribution in [0, 0.1) is 0 Å². The molecule has 0 saturated carbocycles. The minimum Gasteiger partial charge on any atom is -0.497 e. The maximum Gasteiger partial charge on any atom is 0.336 e. The minimum atomic E-state index is -0.833. The van der Waals surface area contributed by atoms with Crippen molar-refractivity contribution in [1.82, 2.24) is 5.32 Å². The SMILES string of the molecule is COc1ccc(N2C(=O)NC(=O)/C(=C/C/C=C/c3ccccc3)C2=O)c(OC)c1. The van der Waals surface area contributed by atoms with Gasteiger partial charge in [0.15, 0.2) is 0 Å². The van der Waals surface area contributed by atoms with E-state index in [1.165, 1.54) is 26.4 Å². The molecule has 1 aliphatic heterocycles. The van der Waals surface area contributed by atoms with Gasteiger partial charge in [0.05, 0.1) is 19.9 Å². The van der Waals surface area contributed by atoms with E-state index in [1.807, 2.05) is 42.5 Å². The maximum atomic E-state index is 12.9. The van der Waals surface area contributed by atoms with Crippen molar-refractivity contribution in [2.24, 2.45) is 0 Å². The van der Waals surface area contributed by atoms with Gasteiger partial charge in [-0.1, -0.05) is 48.6 Å². The van der Waals surface area contributed by atoms with Gasteiger partial charge in [-0.2, -0.15) is 0 Å². The van der Waals surface area contributed by atoms with E-state index in [9.17, 15) is 14.4 Å². The van der Waals surface area contributed by atoms with Crippen molar-refractivity contribution in [3.63, 3.8) is 0 Å². The van der Waals surface area contributed by atoms with E-state index in [1.54, 1.807) is 12.1 Å². The standard InChI is InChI=1S/C22H20N2O5/c1-28-16-12-13-18(19(14-16)29-2)24-21(26)17(20(25)23-22(24)27)11-7-6-10-15-8-4-3-5-9-15/h3-6,8-14H,7H2,1-2H3,(H,23,25,27)/b10-6+,17-11-. The molecule has 3 rings (SSSR count).